The van der Waals surface area contributed by atoms with E-state index < -0.39 is 0 Å². The van der Waals surface area contributed by atoms with Gasteiger partial charge in [0.25, 0.3) is 0 Å². The molecule has 0 unspecified atom stereocenters. The zero-order valence-electron chi connectivity index (χ0n) is 10.0. The predicted octanol–water partition coefficient (Wildman–Crippen LogP) is 0.287. The van der Waals surface area contributed by atoms with Crippen LogP contribution in [-0.4, -0.2) is 31.6 Å². The minimum absolute atomic E-state index is 0.0157. The number of nitrogens with two attached hydrogens (primary N) is 1. The average Bonchev–Trinajstić information content (AvgIpc) is 2.26. The highest BCUT2D eigenvalue weighted by Crippen LogP contribution is 1.93. The first-order chi connectivity index (χ1) is 7.07. The van der Waals surface area contributed by atoms with Crippen LogP contribution in [0.5, 0.6) is 0 Å². The molecule has 0 radical (unpaired) electrons. The number of ether oxygens (including phenoxy) is 1. The van der Waals surface area contributed by atoms with Gasteiger partial charge in [-0.05, 0) is 0 Å². The lowest BCUT2D eigenvalue weighted by Crippen LogP contribution is -2.33. The molecule has 3 N–H and O–H groups in total. The molecule has 0 bridgehead atoms. The monoisotopic (exact) mass is 218 g/mol. The summed E-state index contributed by atoms with van der Waals surface area (Å²) < 4.78 is 4.89. The van der Waals surface area contributed by atoms with Crippen molar-refractivity contribution in [2.24, 2.45) is 11.7 Å². The number of nitrogens with one attached hydrogen (secondary N) is 1. The van der Waals surface area contributed by atoms with Crippen molar-refractivity contribution in [1.29, 1.82) is 0 Å². The lowest BCUT2D eigenvalue weighted by atomic mass is 10.1. The van der Waals surface area contributed by atoms with Crippen molar-refractivity contribution in [1.82, 2.24) is 5.32 Å². The molecule has 0 heterocycles. The van der Waals surface area contributed by atoms with Crippen molar-refractivity contribution >= 4 is 11.7 Å². The van der Waals surface area contributed by atoms with Crippen LogP contribution in [0, 0.1) is 5.92 Å². The fourth-order valence-corrected chi connectivity index (χ4v) is 0.522. The summed E-state index contributed by atoms with van der Waals surface area (Å²) in [5.74, 6) is -0.316. The first-order valence-corrected chi connectivity index (χ1v) is 5.15. The Bertz CT molecular complexity index is 182. The van der Waals surface area contributed by atoms with E-state index in [1.165, 1.54) is 0 Å². The third-order valence-corrected chi connectivity index (χ3v) is 1.45. The topological polar surface area (TPSA) is 81.4 Å². The van der Waals surface area contributed by atoms with E-state index in [-0.39, 0.29) is 37.5 Å². The van der Waals surface area contributed by atoms with E-state index in [0.29, 0.717) is 0 Å². The minimum atomic E-state index is -0.294. The zero-order chi connectivity index (χ0) is 12.3. The van der Waals surface area contributed by atoms with Gasteiger partial charge in [0.15, 0.2) is 5.78 Å². The van der Waals surface area contributed by atoms with E-state index in [1.807, 2.05) is 13.8 Å². The van der Waals surface area contributed by atoms with E-state index in [4.69, 9.17) is 10.5 Å². The SMILES string of the molecule is CC.CC(C)C(=O)COCNC(=O)CN. The molecule has 0 atom stereocenters. The van der Waals surface area contributed by atoms with Gasteiger partial charge in [0.1, 0.15) is 13.3 Å². The number of carbonyl (C=O) groups is 2. The molecule has 0 aliphatic rings. The number of ketones is 1. The normalized spacial score (nSPS) is 9.20. The summed E-state index contributed by atoms with van der Waals surface area (Å²) in [5, 5.41) is 2.39. The number of carbonyl (C=O) groups excluding carboxylic acids is 2. The molecule has 0 aromatic carbocycles. The molecular formula is C10H22N2O3. The quantitative estimate of drug-likeness (QED) is 0.496. The number of hydrogen-bond donors (Lipinski definition) is 2. The molecule has 1 amide bonds. The molecule has 5 heteroatoms. The van der Waals surface area contributed by atoms with Gasteiger partial charge in [-0.2, -0.15) is 0 Å². The Morgan fingerprint density at radius 3 is 2.27 bits per heavy atom. The van der Waals surface area contributed by atoms with Gasteiger partial charge in [0, 0.05) is 5.92 Å². The molecule has 0 saturated carbocycles. The third-order valence-electron chi connectivity index (χ3n) is 1.45. The summed E-state index contributed by atoms with van der Waals surface area (Å²) in [6, 6.07) is 0. The molecule has 0 aliphatic heterocycles. The fourth-order valence-electron chi connectivity index (χ4n) is 0.522. The zero-order valence-corrected chi connectivity index (χ0v) is 10.0. The molecule has 0 fully saturated rings. The Balaban J connectivity index is 0. The van der Waals surface area contributed by atoms with Crippen LogP contribution in [0.3, 0.4) is 0 Å². The Morgan fingerprint density at radius 2 is 1.87 bits per heavy atom. The van der Waals surface area contributed by atoms with Gasteiger partial charge in [-0.3, -0.25) is 9.59 Å². The summed E-state index contributed by atoms with van der Waals surface area (Å²) in [5.41, 5.74) is 5.03. The Morgan fingerprint density at radius 1 is 1.33 bits per heavy atom. The van der Waals surface area contributed by atoms with Crippen molar-refractivity contribution in [3.05, 3.63) is 0 Å². The maximum atomic E-state index is 11.0. The van der Waals surface area contributed by atoms with E-state index in [9.17, 15) is 9.59 Å². The second kappa shape index (κ2) is 11.1. The Labute approximate surface area is 91.4 Å². The molecule has 5 nitrogen and oxygen atoms in total. The smallest absolute Gasteiger partial charge is 0.235 e. The van der Waals surface area contributed by atoms with Gasteiger partial charge in [0.2, 0.25) is 5.91 Å². The maximum Gasteiger partial charge on any atom is 0.235 e. The molecule has 0 spiro atoms. The lowest BCUT2D eigenvalue weighted by Gasteiger charge is -2.06. The van der Waals surface area contributed by atoms with E-state index in [1.54, 1.807) is 13.8 Å². The fraction of sp³-hybridized carbons (Fsp3) is 0.800. The van der Waals surface area contributed by atoms with E-state index in [2.05, 4.69) is 5.32 Å². The molecule has 0 saturated heterocycles. The van der Waals surface area contributed by atoms with Crippen LogP contribution in [0.25, 0.3) is 0 Å². The summed E-state index contributed by atoms with van der Waals surface area (Å²) in [4.78, 5) is 21.6. The first kappa shape index (κ1) is 16.5. The van der Waals surface area contributed by atoms with Gasteiger partial charge >= 0.3 is 0 Å². The summed E-state index contributed by atoms with van der Waals surface area (Å²) >= 11 is 0. The highest BCUT2D eigenvalue weighted by molar-refractivity contribution is 5.81. The summed E-state index contributed by atoms with van der Waals surface area (Å²) in [6.45, 7) is 7.59. The van der Waals surface area contributed by atoms with Crippen LogP contribution < -0.4 is 11.1 Å². The molecule has 0 aromatic rings. The van der Waals surface area contributed by atoms with Crippen LogP contribution in [0.4, 0.5) is 0 Å². The van der Waals surface area contributed by atoms with Crippen molar-refractivity contribution in [3.8, 4) is 0 Å². The first-order valence-electron chi connectivity index (χ1n) is 5.15. The molecule has 0 aliphatic carbocycles. The number of rotatable bonds is 6. The maximum absolute atomic E-state index is 11.0. The van der Waals surface area contributed by atoms with Crippen LogP contribution in [-0.2, 0) is 14.3 Å². The largest absolute Gasteiger partial charge is 0.353 e. The number of amides is 1. The molecule has 0 rings (SSSR count). The van der Waals surface area contributed by atoms with Crippen molar-refractivity contribution in [2.45, 2.75) is 27.7 Å². The molecule has 15 heavy (non-hydrogen) atoms. The van der Waals surface area contributed by atoms with Crippen LogP contribution in [0.2, 0.25) is 0 Å². The molecule has 0 aromatic heterocycles. The highest BCUT2D eigenvalue weighted by Gasteiger charge is 2.06. The average molecular weight is 218 g/mol. The number of Topliss-reactive ketones (excluding diaryl/α,β-unsaturated/α-hetero) is 1. The summed E-state index contributed by atoms with van der Waals surface area (Å²) in [6.07, 6.45) is 0. The van der Waals surface area contributed by atoms with Crippen molar-refractivity contribution in [3.63, 3.8) is 0 Å². The highest BCUT2D eigenvalue weighted by atomic mass is 16.5. The van der Waals surface area contributed by atoms with Gasteiger partial charge < -0.3 is 15.8 Å². The standard InChI is InChI=1S/C8H16N2O3.C2H6/c1-6(2)7(11)4-13-5-10-8(12)3-9;1-2/h6H,3-5,9H2,1-2H3,(H,10,12);1-2H3. The second-order valence-corrected chi connectivity index (χ2v) is 2.92. The lowest BCUT2D eigenvalue weighted by molar-refractivity contribution is -0.129. The Kier molecular flexibility index (Phi) is 12.2. The van der Waals surface area contributed by atoms with Crippen LogP contribution in [0.15, 0.2) is 0 Å². The molecular weight excluding hydrogens is 196 g/mol. The third kappa shape index (κ3) is 11.0. The Hall–Kier alpha value is -0.940. The summed E-state index contributed by atoms with van der Waals surface area (Å²) in [7, 11) is 0. The van der Waals surface area contributed by atoms with Gasteiger partial charge in [-0.1, -0.05) is 27.7 Å². The van der Waals surface area contributed by atoms with Crippen LogP contribution >= 0.6 is 0 Å². The second-order valence-electron chi connectivity index (χ2n) is 2.92. The predicted molar refractivity (Wildman–Crippen MR) is 59.2 cm³/mol. The van der Waals surface area contributed by atoms with Gasteiger partial charge in [-0.15, -0.1) is 0 Å². The van der Waals surface area contributed by atoms with E-state index >= 15 is 0 Å². The van der Waals surface area contributed by atoms with Gasteiger partial charge in [-0.25, -0.2) is 0 Å². The van der Waals surface area contributed by atoms with Crippen molar-refractivity contribution in [2.75, 3.05) is 19.9 Å². The molecule has 90 valence electrons. The van der Waals surface area contributed by atoms with Crippen LogP contribution in [0.1, 0.15) is 27.7 Å². The number of hydrogen-bond acceptors (Lipinski definition) is 4. The minimum Gasteiger partial charge on any atom is -0.353 e. The van der Waals surface area contributed by atoms with E-state index in [0.717, 1.165) is 0 Å². The van der Waals surface area contributed by atoms with Crippen molar-refractivity contribution < 1.29 is 14.3 Å². The van der Waals surface area contributed by atoms with Gasteiger partial charge in [0.05, 0.1) is 6.54 Å².